The number of carboxylic acids is 1. The summed E-state index contributed by atoms with van der Waals surface area (Å²) in [6, 6.07) is 5.22. The average molecular weight is 313 g/mol. The van der Waals surface area contributed by atoms with Crippen LogP contribution in [0.2, 0.25) is 0 Å². The van der Waals surface area contributed by atoms with Gasteiger partial charge in [0.1, 0.15) is 6.04 Å². The van der Waals surface area contributed by atoms with Crippen LogP contribution < -0.4 is 4.72 Å². The Kier molecular flexibility index (Phi) is 6.36. The molecule has 1 aromatic rings. The lowest BCUT2D eigenvalue weighted by molar-refractivity contribution is -0.140. The highest BCUT2D eigenvalue weighted by molar-refractivity contribution is 7.89. The Balaban J connectivity index is 2.92. The lowest BCUT2D eigenvalue weighted by atomic mass is 9.97. The minimum absolute atomic E-state index is 0.0852. The van der Waals surface area contributed by atoms with Gasteiger partial charge in [-0.3, -0.25) is 4.79 Å². The minimum Gasteiger partial charge on any atom is -0.480 e. The Morgan fingerprint density at radius 3 is 2.33 bits per heavy atom. The van der Waals surface area contributed by atoms with E-state index in [1.807, 2.05) is 13.8 Å². The third-order valence-corrected chi connectivity index (χ3v) is 4.92. The molecule has 1 rings (SSSR count). The molecule has 0 aliphatic heterocycles. The second kappa shape index (κ2) is 7.56. The van der Waals surface area contributed by atoms with E-state index in [1.165, 1.54) is 12.1 Å². The maximum absolute atomic E-state index is 12.3. The van der Waals surface area contributed by atoms with E-state index >= 15 is 0 Å². The molecule has 0 radical (unpaired) electrons. The maximum Gasteiger partial charge on any atom is 0.322 e. The summed E-state index contributed by atoms with van der Waals surface area (Å²) >= 11 is 0. The monoisotopic (exact) mass is 313 g/mol. The van der Waals surface area contributed by atoms with Gasteiger partial charge in [0.25, 0.3) is 0 Å². The van der Waals surface area contributed by atoms with Crippen molar-refractivity contribution in [1.82, 2.24) is 4.72 Å². The zero-order valence-corrected chi connectivity index (χ0v) is 13.5. The molecule has 0 saturated heterocycles. The number of sulfonamides is 1. The maximum atomic E-state index is 12.3. The van der Waals surface area contributed by atoms with Crippen LogP contribution in [0.3, 0.4) is 0 Å². The molecule has 5 nitrogen and oxygen atoms in total. The number of rotatable bonds is 8. The third-order valence-electron chi connectivity index (χ3n) is 3.46. The number of unbranched alkanes of at least 4 members (excludes halogenated alkanes) is 1. The van der Waals surface area contributed by atoms with Gasteiger partial charge in [-0.15, -0.1) is 0 Å². The summed E-state index contributed by atoms with van der Waals surface area (Å²) in [7, 11) is -3.82. The Bertz CT molecular complexity index is 566. The first-order valence-corrected chi connectivity index (χ1v) is 8.58. The van der Waals surface area contributed by atoms with Gasteiger partial charge in [-0.25, -0.2) is 8.42 Å². The SMILES string of the molecule is CCCC[C@H](C)[C@H](NS(=O)(=O)c1ccc(C)cc1)C(=O)O. The zero-order valence-electron chi connectivity index (χ0n) is 12.7. The van der Waals surface area contributed by atoms with Gasteiger partial charge in [0, 0.05) is 0 Å². The molecule has 0 unspecified atom stereocenters. The molecule has 2 atom stereocenters. The van der Waals surface area contributed by atoms with Crippen LogP contribution in [0.25, 0.3) is 0 Å². The molecular weight excluding hydrogens is 290 g/mol. The Labute approximate surface area is 126 Å². The smallest absolute Gasteiger partial charge is 0.322 e. The van der Waals surface area contributed by atoms with Crippen molar-refractivity contribution < 1.29 is 18.3 Å². The van der Waals surface area contributed by atoms with Gasteiger partial charge in [-0.1, -0.05) is 44.4 Å². The number of nitrogens with one attached hydrogen (secondary N) is 1. The molecule has 118 valence electrons. The summed E-state index contributed by atoms with van der Waals surface area (Å²) < 4.78 is 26.8. The molecule has 2 N–H and O–H groups in total. The van der Waals surface area contributed by atoms with Crippen LogP contribution in [0.15, 0.2) is 29.2 Å². The van der Waals surface area contributed by atoms with E-state index in [0.29, 0.717) is 6.42 Å². The van der Waals surface area contributed by atoms with Crippen LogP contribution in [0.5, 0.6) is 0 Å². The second-order valence-electron chi connectivity index (χ2n) is 5.37. The summed E-state index contributed by atoms with van der Waals surface area (Å²) in [6.07, 6.45) is 2.49. The number of hydrogen-bond acceptors (Lipinski definition) is 3. The molecule has 0 aliphatic carbocycles. The van der Waals surface area contributed by atoms with E-state index in [2.05, 4.69) is 4.72 Å². The molecule has 0 heterocycles. The largest absolute Gasteiger partial charge is 0.480 e. The average Bonchev–Trinajstić information content (AvgIpc) is 2.42. The molecule has 0 spiro atoms. The summed E-state index contributed by atoms with van der Waals surface area (Å²) in [5.41, 5.74) is 0.944. The highest BCUT2D eigenvalue weighted by atomic mass is 32.2. The molecule has 1 aromatic carbocycles. The van der Waals surface area contributed by atoms with E-state index in [4.69, 9.17) is 0 Å². The number of carbonyl (C=O) groups is 1. The van der Waals surface area contributed by atoms with Gasteiger partial charge >= 0.3 is 5.97 Å². The van der Waals surface area contributed by atoms with Gasteiger partial charge in [-0.2, -0.15) is 4.72 Å². The lowest BCUT2D eigenvalue weighted by Gasteiger charge is -2.21. The molecule has 0 aromatic heterocycles. The van der Waals surface area contributed by atoms with Crippen LogP contribution in [0.1, 0.15) is 38.7 Å². The topological polar surface area (TPSA) is 83.5 Å². The summed E-state index contributed by atoms with van der Waals surface area (Å²) in [5, 5.41) is 9.27. The number of carboxylic acid groups (broad SMARTS) is 1. The number of hydrogen-bond donors (Lipinski definition) is 2. The van der Waals surface area contributed by atoms with E-state index in [1.54, 1.807) is 19.1 Å². The predicted octanol–water partition coefficient (Wildman–Crippen LogP) is 2.55. The number of aryl methyl sites for hydroxylation is 1. The fourth-order valence-electron chi connectivity index (χ4n) is 2.06. The van der Waals surface area contributed by atoms with Crippen molar-refractivity contribution in [1.29, 1.82) is 0 Å². The molecule has 0 saturated carbocycles. The first-order valence-electron chi connectivity index (χ1n) is 7.09. The third kappa shape index (κ3) is 5.13. The normalized spacial score (nSPS) is 14.6. The first-order chi connectivity index (χ1) is 9.77. The highest BCUT2D eigenvalue weighted by Crippen LogP contribution is 2.17. The molecule has 0 fully saturated rings. The molecule has 0 aliphatic rings. The van der Waals surface area contributed by atoms with E-state index in [-0.39, 0.29) is 10.8 Å². The van der Waals surface area contributed by atoms with Crippen molar-refractivity contribution in [2.45, 2.75) is 51.0 Å². The van der Waals surface area contributed by atoms with Crippen molar-refractivity contribution in [2.75, 3.05) is 0 Å². The van der Waals surface area contributed by atoms with Crippen LogP contribution in [-0.2, 0) is 14.8 Å². The second-order valence-corrected chi connectivity index (χ2v) is 7.08. The van der Waals surface area contributed by atoms with Gasteiger partial charge in [0.05, 0.1) is 4.90 Å². The van der Waals surface area contributed by atoms with Crippen LogP contribution >= 0.6 is 0 Å². The fourth-order valence-corrected chi connectivity index (χ4v) is 3.35. The molecule has 6 heteroatoms. The quantitative estimate of drug-likeness (QED) is 0.772. The number of aliphatic carboxylic acids is 1. The van der Waals surface area contributed by atoms with Crippen LogP contribution in [-0.4, -0.2) is 25.5 Å². The Morgan fingerprint density at radius 1 is 1.29 bits per heavy atom. The molecule has 21 heavy (non-hydrogen) atoms. The van der Waals surface area contributed by atoms with Crippen LogP contribution in [0.4, 0.5) is 0 Å². The predicted molar refractivity (Wildman–Crippen MR) is 81.6 cm³/mol. The fraction of sp³-hybridized carbons (Fsp3) is 0.533. The molecular formula is C15H23NO4S. The Morgan fingerprint density at radius 2 is 1.86 bits per heavy atom. The summed E-state index contributed by atoms with van der Waals surface area (Å²) in [4.78, 5) is 11.4. The van der Waals surface area contributed by atoms with Crippen molar-refractivity contribution >= 4 is 16.0 Å². The van der Waals surface area contributed by atoms with Crippen molar-refractivity contribution in [3.8, 4) is 0 Å². The summed E-state index contributed by atoms with van der Waals surface area (Å²) in [5.74, 6) is -1.41. The standard InChI is InChI=1S/C15H23NO4S/c1-4-5-6-12(3)14(15(17)18)16-21(19,20)13-9-7-11(2)8-10-13/h7-10,12,14,16H,4-6H2,1-3H3,(H,17,18)/t12-,14-/m0/s1. The van der Waals surface area contributed by atoms with Crippen molar-refractivity contribution in [2.24, 2.45) is 5.92 Å². The van der Waals surface area contributed by atoms with Crippen LogP contribution in [0, 0.1) is 12.8 Å². The summed E-state index contributed by atoms with van der Waals surface area (Å²) in [6.45, 7) is 5.63. The van der Waals surface area contributed by atoms with E-state index in [0.717, 1.165) is 18.4 Å². The van der Waals surface area contributed by atoms with Crippen molar-refractivity contribution in [3.63, 3.8) is 0 Å². The van der Waals surface area contributed by atoms with Gasteiger partial charge in [0.2, 0.25) is 10.0 Å². The Hall–Kier alpha value is -1.40. The highest BCUT2D eigenvalue weighted by Gasteiger charge is 2.29. The van der Waals surface area contributed by atoms with Crippen molar-refractivity contribution in [3.05, 3.63) is 29.8 Å². The molecule has 0 bridgehead atoms. The first kappa shape index (κ1) is 17.7. The van der Waals surface area contributed by atoms with E-state index in [9.17, 15) is 18.3 Å². The lowest BCUT2D eigenvalue weighted by Crippen LogP contribution is -2.45. The number of benzene rings is 1. The molecule has 0 amide bonds. The van der Waals surface area contributed by atoms with E-state index < -0.39 is 22.0 Å². The van der Waals surface area contributed by atoms with Gasteiger partial charge < -0.3 is 5.11 Å². The van der Waals surface area contributed by atoms with Gasteiger partial charge in [0.15, 0.2) is 0 Å². The zero-order chi connectivity index (χ0) is 16.0. The minimum atomic E-state index is -3.82. The van der Waals surface area contributed by atoms with Gasteiger partial charge in [-0.05, 0) is 31.4 Å².